The Balaban J connectivity index is 2.09. The summed E-state index contributed by atoms with van der Waals surface area (Å²) in [7, 11) is 1.63. The maximum atomic E-state index is 11.0. The Labute approximate surface area is 127 Å². The predicted molar refractivity (Wildman–Crippen MR) is 82.9 cm³/mol. The molecule has 1 N–H and O–H groups in total. The maximum Gasteiger partial charge on any atom is 0.216 e. The van der Waals surface area contributed by atoms with Gasteiger partial charge in [-0.05, 0) is 30.7 Å². The molecule has 1 aromatic carbocycles. The summed E-state index contributed by atoms with van der Waals surface area (Å²) in [5, 5.41) is 3.75. The van der Waals surface area contributed by atoms with E-state index in [2.05, 4.69) is 5.32 Å². The van der Waals surface area contributed by atoms with E-state index in [-0.39, 0.29) is 5.91 Å². The van der Waals surface area contributed by atoms with E-state index in [9.17, 15) is 4.79 Å². The van der Waals surface area contributed by atoms with Crippen molar-refractivity contribution in [1.82, 2.24) is 5.32 Å². The number of carbonyl (C=O) groups is 1. The predicted octanol–water partition coefficient (Wildman–Crippen LogP) is 3.38. The molecule has 0 spiro atoms. The van der Waals surface area contributed by atoms with E-state index >= 15 is 0 Å². The Morgan fingerprint density at radius 2 is 2.14 bits per heavy atom. The molecule has 0 bridgehead atoms. The van der Waals surface area contributed by atoms with Crippen LogP contribution in [0.15, 0.2) is 45.6 Å². The Bertz CT molecular complexity index is 786. The number of amides is 1. The van der Waals surface area contributed by atoms with Gasteiger partial charge in [-0.3, -0.25) is 4.79 Å². The van der Waals surface area contributed by atoms with Gasteiger partial charge in [0.25, 0.3) is 0 Å². The molecule has 0 saturated heterocycles. The highest BCUT2D eigenvalue weighted by Crippen LogP contribution is 2.39. The van der Waals surface area contributed by atoms with E-state index < -0.39 is 0 Å². The summed E-state index contributed by atoms with van der Waals surface area (Å²) in [5.41, 5.74) is 2.65. The third kappa shape index (κ3) is 2.57. The van der Waals surface area contributed by atoms with Crippen LogP contribution in [0, 0.1) is 0 Å². The number of benzene rings is 1. The molecule has 0 fully saturated rings. The van der Waals surface area contributed by atoms with Gasteiger partial charge in [-0.15, -0.1) is 0 Å². The fourth-order valence-corrected chi connectivity index (χ4v) is 2.57. The van der Waals surface area contributed by atoms with Crippen molar-refractivity contribution < 1.29 is 18.4 Å². The molecule has 114 valence electrons. The Kier molecular flexibility index (Phi) is 3.87. The third-order valence-corrected chi connectivity index (χ3v) is 3.53. The Morgan fingerprint density at radius 3 is 2.82 bits per heavy atom. The van der Waals surface area contributed by atoms with E-state index in [4.69, 9.17) is 13.6 Å². The average Bonchev–Trinajstić information content (AvgIpc) is 3.15. The summed E-state index contributed by atoms with van der Waals surface area (Å²) in [4.78, 5) is 11.0. The molecular weight excluding hydrogens is 282 g/mol. The van der Waals surface area contributed by atoms with E-state index in [0.29, 0.717) is 13.0 Å². The van der Waals surface area contributed by atoms with Gasteiger partial charge in [0.2, 0.25) is 5.91 Å². The first-order valence-electron chi connectivity index (χ1n) is 7.06. The third-order valence-electron chi connectivity index (χ3n) is 3.53. The number of furan rings is 2. The fourth-order valence-electron chi connectivity index (χ4n) is 2.57. The standard InChI is InChI=1S/C17H17NO4/c1-11(19)18-8-7-12-10-22-15-6-5-13(20-2)17(16(12)15)14-4-3-9-21-14/h3-6,9-10H,7-8H2,1-2H3,(H,18,19). The molecule has 5 heteroatoms. The molecule has 0 radical (unpaired) electrons. The van der Waals surface area contributed by atoms with Crippen molar-refractivity contribution >= 4 is 16.9 Å². The van der Waals surface area contributed by atoms with Gasteiger partial charge in [-0.1, -0.05) is 0 Å². The molecule has 1 amide bonds. The number of carbonyl (C=O) groups excluding carboxylic acids is 1. The summed E-state index contributed by atoms with van der Waals surface area (Å²) in [6.07, 6.45) is 4.02. The van der Waals surface area contributed by atoms with Gasteiger partial charge in [0.15, 0.2) is 0 Å². The second kappa shape index (κ2) is 5.97. The summed E-state index contributed by atoms with van der Waals surface area (Å²) in [5.74, 6) is 1.41. The minimum atomic E-state index is -0.0448. The molecule has 2 aromatic heterocycles. The van der Waals surface area contributed by atoms with E-state index in [1.54, 1.807) is 19.6 Å². The van der Waals surface area contributed by atoms with Crippen molar-refractivity contribution in [3.05, 3.63) is 42.4 Å². The molecule has 3 rings (SSSR count). The smallest absolute Gasteiger partial charge is 0.216 e. The zero-order valence-electron chi connectivity index (χ0n) is 12.5. The van der Waals surface area contributed by atoms with Crippen molar-refractivity contribution in [2.75, 3.05) is 13.7 Å². The topological polar surface area (TPSA) is 64.6 Å². The number of hydrogen-bond donors (Lipinski definition) is 1. The molecule has 22 heavy (non-hydrogen) atoms. The lowest BCUT2D eigenvalue weighted by atomic mass is 10.0. The van der Waals surface area contributed by atoms with Crippen molar-refractivity contribution in [3.63, 3.8) is 0 Å². The molecule has 3 aromatic rings. The van der Waals surface area contributed by atoms with E-state index in [1.165, 1.54) is 6.92 Å². The highest BCUT2D eigenvalue weighted by molar-refractivity contribution is 5.98. The van der Waals surface area contributed by atoms with E-state index in [0.717, 1.165) is 33.6 Å². The lowest BCUT2D eigenvalue weighted by Crippen LogP contribution is -2.22. The summed E-state index contributed by atoms with van der Waals surface area (Å²) >= 11 is 0. The zero-order chi connectivity index (χ0) is 15.5. The van der Waals surface area contributed by atoms with Crippen LogP contribution in [0.2, 0.25) is 0 Å². The molecule has 0 aliphatic carbocycles. The molecule has 0 saturated carbocycles. The molecular formula is C17H17NO4. The SMILES string of the molecule is COc1ccc2occ(CCNC(C)=O)c2c1-c1ccco1. The molecule has 0 aliphatic rings. The highest BCUT2D eigenvalue weighted by Gasteiger charge is 2.18. The zero-order valence-corrected chi connectivity index (χ0v) is 12.5. The number of hydrogen-bond acceptors (Lipinski definition) is 4. The quantitative estimate of drug-likeness (QED) is 0.784. The van der Waals surface area contributed by atoms with Crippen LogP contribution in [-0.2, 0) is 11.2 Å². The fraction of sp³-hybridized carbons (Fsp3) is 0.235. The lowest BCUT2D eigenvalue weighted by molar-refractivity contribution is -0.118. The highest BCUT2D eigenvalue weighted by atomic mass is 16.5. The lowest BCUT2D eigenvalue weighted by Gasteiger charge is -2.09. The molecule has 0 atom stereocenters. The summed E-state index contributed by atoms with van der Waals surface area (Å²) < 4.78 is 16.7. The van der Waals surface area contributed by atoms with Crippen molar-refractivity contribution in [1.29, 1.82) is 0 Å². The minimum Gasteiger partial charge on any atom is -0.496 e. The number of rotatable bonds is 5. The monoisotopic (exact) mass is 299 g/mol. The van der Waals surface area contributed by atoms with Crippen LogP contribution in [-0.4, -0.2) is 19.6 Å². The van der Waals surface area contributed by atoms with Crippen molar-refractivity contribution in [2.45, 2.75) is 13.3 Å². The first-order valence-corrected chi connectivity index (χ1v) is 7.06. The normalized spacial score (nSPS) is 10.8. The molecule has 2 heterocycles. The van der Waals surface area contributed by atoms with Crippen molar-refractivity contribution in [3.8, 4) is 17.1 Å². The van der Waals surface area contributed by atoms with Gasteiger partial charge in [0.05, 0.1) is 25.2 Å². The largest absolute Gasteiger partial charge is 0.496 e. The van der Waals surface area contributed by atoms with Gasteiger partial charge in [-0.25, -0.2) is 0 Å². The number of fused-ring (bicyclic) bond motifs is 1. The summed E-state index contributed by atoms with van der Waals surface area (Å²) in [6, 6.07) is 7.47. The second-order valence-electron chi connectivity index (χ2n) is 4.99. The van der Waals surface area contributed by atoms with Crippen LogP contribution in [0.4, 0.5) is 0 Å². The first kappa shape index (κ1) is 14.3. The van der Waals surface area contributed by atoms with Gasteiger partial charge in [0.1, 0.15) is 17.1 Å². The van der Waals surface area contributed by atoms with Gasteiger partial charge in [-0.2, -0.15) is 0 Å². The number of ether oxygens (including phenoxy) is 1. The van der Waals surface area contributed by atoms with Crippen LogP contribution in [0.25, 0.3) is 22.3 Å². The minimum absolute atomic E-state index is 0.0448. The van der Waals surface area contributed by atoms with Crippen LogP contribution < -0.4 is 10.1 Å². The van der Waals surface area contributed by atoms with Gasteiger partial charge >= 0.3 is 0 Å². The average molecular weight is 299 g/mol. The van der Waals surface area contributed by atoms with Gasteiger partial charge < -0.3 is 18.9 Å². The first-order chi connectivity index (χ1) is 10.7. The van der Waals surface area contributed by atoms with Crippen LogP contribution >= 0.6 is 0 Å². The number of methoxy groups -OCH3 is 1. The second-order valence-corrected chi connectivity index (χ2v) is 4.99. The molecule has 0 unspecified atom stereocenters. The Morgan fingerprint density at radius 1 is 1.27 bits per heavy atom. The maximum absolute atomic E-state index is 11.0. The van der Waals surface area contributed by atoms with Crippen molar-refractivity contribution in [2.24, 2.45) is 0 Å². The number of nitrogens with one attached hydrogen (secondary N) is 1. The molecule has 5 nitrogen and oxygen atoms in total. The Hall–Kier alpha value is -2.69. The summed E-state index contributed by atoms with van der Waals surface area (Å²) in [6.45, 7) is 2.06. The van der Waals surface area contributed by atoms with Crippen LogP contribution in [0.5, 0.6) is 5.75 Å². The van der Waals surface area contributed by atoms with Crippen LogP contribution in [0.3, 0.4) is 0 Å². The molecule has 0 aliphatic heterocycles. The van der Waals surface area contributed by atoms with E-state index in [1.807, 2.05) is 24.3 Å². The van der Waals surface area contributed by atoms with Gasteiger partial charge in [0, 0.05) is 24.4 Å². The van der Waals surface area contributed by atoms with Crippen LogP contribution in [0.1, 0.15) is 12.5 Å².